The highest BCUT2D eigenvalue weighted by Gasteiger charge is 2.32. The number of amides is 1. The molecule has 2 unspecified atom stereocenters. The van der Waals surface area contributed by atoms with Crippen LogP contribution >= 0.6 is 0 Å². The monoisotopic (exact) mass is 566 g/mol. The van der Waals surface area contributed by atoms with Crippen LogP contribution in [0.2, 0.25) is 0 Å². The summed E-state index contributed by atoms with van der Waals surface area (Å²) < 4.78 is 44.4. The second-order valence-corrected chi connectivity index (χ2v) is 10.6. The van der Waals surface area contributed by atoms with E-state index in [1.54, 1.807) is 24.3 Å². The molecule has 0 radical (unpaired) electrons. The van der Waals surface area contributed by atoms with Gasteiger partial charge >= 0.3 is 12.1 Å². The van der Waals surface area contributed by atoms with Crippen LogP contribution in [-0.4, -0.2) is 48.6 Å². The predicted molar refractivity (Wildman–Crippen MR) is 153 cm³/mol. The van der Waals surface area contributed by atoms with Crippen molar-refractivity contribution in [2.45, 2.75) is 63.7 Å². The van der Waals surface area contributed by atoms with Gasteiger partial charge in [-0.1, -0.05) is 67.6 Å². The molecule has 3 aromatic carbocycles. The summed E-state index contributed by atoms with van der Waals surface area (Å²) in [5, 5.41) is 3.14. The molecule has 1 N–H and O–H groups in total. The Hall–Kier alpha value is -3.65. The van der Waals surface area contributed by atoms with Crippen LogP contribution in [0.1, 0.15) is 66.9 Å². The molecule has 0 saturated carbocycles. The van der Waals surface area contributed by atoms with Crippen molar-refractivity contribution in [3.8, 4) is 11.1 Å². The predicted octanol–water partition coefficient (Wildman–Crippen LogP) is 7.08. The first kappa shape index (κ1) is 30.3. The summed E-state index contributed by atoms with van der Waals surface area (Å²) in [7, 11) is 0. The van der Waals surface area contributed by atoms with E-state index in [-0.39, 0.29) is 29.9 Å². The SMILES string of the molecule is CCCOC(=O)CC(c1ccccc1)C(C)N1CCC(NC(=O)c2ccccc2-c2ccc(C(F)(F)F)cc2)CC1. The van der Waals surface area contributed by atoms with Gasteiger partial charge in [-0.2, -0.15) is 13.2 Å². The number of carbonyl (C=O) groups excluding carboxylic acids is 2. The second-order valence-electron chi connectivity index (χ2n) is 10.6. The number of nitrogens with zero attached hydrogens (tertiary/aromatic N) is 1. The highest BCUT2D eigenvalue weighted by Crippen LogP contribution is 2.32. The van der Waals surface area contributed by atoms with Gasteiger partial charge in [0.25, 0.3) is 5.91 Å². The van der Waals surface area contributed by atoms with Crippen molar-refractivity contribution >= 4 is 11.9 Å². The van der Waals surface area contributed by atoms with Crippen molar-refractivity contribution in [2.75, 3.05) is 19.7 Å². The van der Waals surface area contributed by atoms with Crippen molar-refractivity contribution in [2.24, 2.45) is 0 Å². The van der Waals surface area contributed by atoms with Crippen molar-refractivity contribution in [3.63, 3.8) is 0 Å². The molecule has 1 aliphatic heterocycles. The number of esters is 1. The van der Waals surface area contributed by atoms with Gasteiger partial charge in [0.15, 0.2) is 0 Å². The number of likely N-dealkylation sites (tertiary alicyclic amines) is 1. The van der Waals surface area contributed by atoms with E-state index in [1.165, 1.54) is 12.1 Å². The minimum atomic E-state index is -4.42. The molecule has 4 rings (SSSR count). The summed E-state index contributed by atoms with van der Waals surface area (Å²) >= 11 is 0. The molecule has 1 amide bonds. The quantitative estimate of drug-likeness (QED) is 0.267. The van der Waals surface area contributed by atoms with Gasteiger partial charge in [-0.3, -0.25) is 14.5 Å². The van der Waals surface area contributed by atoms with E-state index < -0.39 is 11.7 Å². The van der Waals surface area contributed by atoms with Crippen LogP contribution in [0.15, 0.2) is 78.9 Å². The fourth-order valence-electron chi connectivity index (χ4n) is 5.46. The molecular weight excluding hydrogens is 529 g/mol. The number of rotatable bonds is 10. The average Bonchev–Trinajstić information content (AvgIpc) is 2.99. The van der Waals surface area contributed by atoms with Gasteiger partial charge < -0.3 is 10.1 Å². The van der Waals surface area contributed by atoms with Crippen molar-refractivity contribution in [1.29, 1.82) is 0 Å². The minimum Gasteiger partial charge on any atom is -0.466 e. The number of nitrogens with one attached hydrogen (secondary N) is 1. The topological polar surface area (TPSA) is 58.6 Å². The zero-order valence-corrected chi connectivity index (χ0v) is 23.5. The molecule has 3 aromatic rings. The van der Waals surface area contributed by atoms with Crippen LogP contribution in [-0.2, 0) is 15.7 Å². The van der Waals surface area contributed by atoms with E-state index in [9.17, 15) is 22.8 Å². The van der Waals surface area contributed by atoms with E-state index in [4.69, 9.17) is 4.74 Å². The third-order valence-electron chi connectivity index (χ3n) is 7.80. The normalized spacial score (nSPS) is 16.1. The Bertz CT molecular complexity index is 1290. The molecule has 0 bridgehead atoms. The summed E-state index contributed by atoms with van der Waals surface area (Å²) in [6, 6.07) is 21.9. The molecule has 0 spiro atoms. The number of halogens is 3. The molecule has 5 nitrogen and oxygen atoms in total. The number of hydrogen-bond acceptors (Lipinski definition) is 4. The van der Waals surface area contributed by atoms with E-state index in [0.29, 0.717) is 29.7 Å². The Morgan fingerprint density at radius 1 is 0.951 bits per heavy atom. The van der Waals surface area contributed by atoms with E-state index in [1.807, 2.05) is 25.1 Å². The first-order valence-corrected chi connectivity index (χ1v) is 14.2. The molecule has 218 valence electrons. The summed E-state index contributed by atoms with van der Waals surface area (Å²) in [6.07, 6.45) is -1.82. The Morgan fingerprint density at radius 2 is 1.59 bits per heavy atom. The van der Waals surface area contributed by atoms with Crippen molar-refractivity contribution < 1.29 is 27.5 Å². The fourth-order valence-corrected chi connectivity index (χ4v) is 5.46. The summed E-state index contributed by atoms with van der Waals surface area (Å²) in [5.74, 6) is -0.448. The minimum absolute atomic E-state index is 0.0118. The van der Waals surface area contributed by atoms with Gasteiger partial charge in [-0.25, -0.2) is 0 Å². The van der Waals surface area contributed by atoms with Crippen molar-refractivity contribution in [1.82, 2.24) is 10.2 Å². The number of ether oxygens (including phenoxy) is 1. The van der Waals surface area contributed by atoms with Crippen LogP contribution in [0, 0.1) is 0 Å². The third kappa shape index (κ3) is 7.97. The van der Waals surface area contributed by atoms with Gasteiger partial charge in [-0.05, 0) is 61.1 Å². The lowest BCUT2D eigenvalue weighted by molar-refractivity contribution is -0.144. The first-order chi connectivity index (χ1) is 19.7. The lowest BCUT2D eigenvalue weighted by atomic mass is 9.87. The van der Waals surface area contributed by atoms with Crippen molar-refractivity contribution in [3.05, 3.63) is 95.6 Å². The molecule has 0 aliphatic carbocycles. The molecule has 1 fully saturated rings. The van der Waals surface area contributed by atoms with Gasteiger partial charge in [0, 0.05) is 36.7 Å². The average molecular weight is 567 g/mol. The molecule has 8 heteroatoms. The molecule has 1 heterocycles. The summed E-state index contributed by atoms with van der Waals surface area (Å²) in [6.45, 7) is 6.06. The third-order valence-corrected chi connectivity index (χ3v) is 7.80. The zero-order chi connectivity index (χ0) is 29.4. The van der Waals surface area contributed by atoms with Crippen LogP contribution in [0.3, 0.4) is 0 Å². The fraction of sp³-hybridized carbons (Fsp3) is 0.394. The molecule has 2 atom stereocenters. The maximum absolute atomic E-state index is 13.3. The first-order valence-electron chi connectivity index (χ1n) is 14.2. The number of carbonyl (C=O) groups is 2. The highest BCUT2D eigenvalue weighted by molar-refractivity contribution is 6.01. The Balaban J connectivity index is 1.39. The standard InChI is InChI=1S/C33H37F3N2O3/c1-3-21-41-31(39)22-30(24-9-5-4-6-10-24)23(2)38-19-17-27(18-20-38)37-32(40)29-12-8-7-11-28(29)25-13-15-26(16-14-25)33(34,35)36/h4-16,23,27,30H,3,17-22H2,1-2H3,(H,37,40). The number of benzene rings is 3. The van der Waals surface area contributed by atoms with E-state index in [2.05, 4.69) is 29.3 Å². The van der Waals surface area contributed by atoms with Crippen LogP contribution in [0.5, 0.6) is 0 Å². The van der Waals surface area contributed by atoms with Crippen LogP contribution in [0.4, 0.5) is 13.2 Å². The zero-order valence-electron chi connectivity index (χ0n) is 23.5. The van der Waals surface area contributed by atoms with E-state index in [0.717, 1.165) is 50.0 Å². The number of hydrogen-bond donors (Lipinski definition) is 1. The summed E-state index contributed by atoms with van der Waals surface area (Å²) in [4.78, 5) is 28.2. The molecular formula is C33H37F3N2O3. The van der Waals surface area contributed by atoms with Crippen LogP contribution in [0.25, 0.3) is 11.1 Å². The molecule has 1 saturated heterocycles. The smallest absolute Gasteiger partial charge is 0.416 e. The molecule has 41 heavy (non-hydrogen) atoms. The Labute approximate surface area is 239 Å². The lowest BCUT2D eigenvalue weighted by Crippen LogP contribution is -2.49. The molecule has 0 aromatic heterocycles. The van der Waals surface area contributed by atoms with Gasteiger partial charge in [0.05, 0.1) is 18.6 Å². The van der Waals surface area contributed by atoms with Gasteiger partial charge in [0.1, 0.15) is 0 Å². The number of piperidine rings is 1. The summed E-state index contributed by atoms with van der Waals surface area (Å²) in [5.41, 5.74) is 1.94. The van der Waals surface area contributed by atoms with Crippen LogP contribution < -0.4 is 5.32 Å². The number of alkyl halides is 3. The Morgan fingerprint density at radius 3 is 2.22 bits per heavy atom. The molecule has 1 aliphatic rings. The maximum atomic E-state index is 13.3. The highest BCUT2D eigenvalue weighted by atomic mass is 19.4. The van der Waals surface area contributed by atoms with E-state index >= 15 is 0 Å². The van der Waals surface area contributed by atoms with Gasteiger partial charge in [0.2, 0.25) is 0 Å². The van der Waals surface area contributed by atoms with Gasteiger partial charge in [-0.15, -0.1) is 0 Å². The Kier molecular flexibility index (Phi) is 10.2. The largest absolute Gasteiger partial charge is 0.466 e. The lowest BCUT2D eigenvalue weighted by Gasteiger charge is -2.39. The maximum Gasteiger partial charge on any atom is 0.416 e. The second kappa shape index (κ2) is 13.8.